The van der Waals surface area contributed by atoms with Crippen molar-refractivity contribution in [3.05, 3.63) is 106 Å². The van der Waals surface area contributed by atoms with Gasteiger partial charge in [-0.3, -0.25) is 9.59 Å². The molecule has 0 spiro atoms. The molecule has 0 bridgehead atoms. The number of carbonyl (C=O) groups is 2. The fourth-order valence-electron chi connectivity index (χ4n) is 3.76. The van der Waals surface area contributed by atoms with Crippen LogP contribution in [0.1, 0.15) is 30.0 Å². The standard InChI is InChI=1S/C27H28Cl2N2O2/c1-2-30-27(33)25(18-20-9-4-3-5-10-20)31(19-21-11-8-13-23(28)17-21)26(32)16-15-22-12-6-7-14-24(22)29/h3-14,17,25H,2,15-16,18-19H2,1H3,(H,30,33)/t25-/m0/s1. The van der Waals surface area contributed by atoms with Crippen LogP contribution in [0.25, 0.3) is 0 Å². The van der Waals surface area contributed by atoms with Gasteiger partial charge < -0.3 is 10.2 Å². The van der Waals surface area contributed by atoms with E-state index >= 15 is 0 Å². The highest BCUT2D eigenvalue weighted by Gasteiger charge is 2.30. The van der Waals surface area contributed by atoms with Crippen molar-refractivity contribution >= 4 is 35.0 Å². The molecule has 172 valence electrons. The van der Waals surface area contributed by atoms with E-state index in [9.17, 15) is 9.59 Å². The van der Waals surface area contributed by atoms with Gasteiger partial charge in [0, 0.05) is 36.0 Å². The summed E-state index contributed by atoms with van der Waals surface area (Å²) in [5.41, 5.74) is 2.77. The molecular formula is C27H28Cl2N2O2. The van der Waals surface area contributed by atoms with Gasteiger partial charge in [-0.2, -0.15) is 0 Å². The number of nitrogens with one attached hydrogen (secondary N) is 1. The molecule has 4 nitrogen and oxygen atoms in total. The van der Waals surface area contributed by atoms with Crippen molar-refractivity contribution in [3.8, 4) is 0 Å². The minimum Gasteiger partial charge on any atom is -0.355 e. The van der Waals surface area contributed by atoms with Crippen molar-refractivity contribution in [1.29, 1.82) is 0 Å². The second kappa shape index (κ2) is 12.4. The van der Waals surface area contributed by atoms with Crippen LogP contribution >= 0.6 is 23.2 Å². The molecule has 0 aromatic heterocycles. The lowest BCUT2D eigenvalue weighted by Gasteiger charge is -2.31. The molecule has 3 aromatic carbocycles. The predicted molar refractivity (Wildman–Crippen MR) is 134 cm³/mol. The van der Waals surface area contributed by atoms with E-state index in [1.807, 2.05) is 79.7 Å². The smallest absolute Gasteiger partial charge is 0.243 e. The lowest BCUT2D eigenvalue weighted by atomic mass is 10.0. The van der Waals surface area contributed by atoms with Crippen molar-refractivity contribution in [3.63, 3.8) is 0 Å². The molecule has 2 amide bonds. The van der Waals surface area contributed by atoms with Crippen molar-refractivity contribution in [2.24, 2.45) is 0 Å². The van der Waals surface area contributed by atoms with Gasteiger partial charge in [0.25, 0.3) is 0 Å². The van der Waals surface area contributed by atoms with Crippen LogP contribution in [0.4, 0.5) is 0 Å². The van der Waals surface area contributed by atoms with Gasteiger partial charge in [-0.05, 0) is 48.2 Å². The largest absolute Gasteiger partial charge is 0.355 e. The molecule has 0 unspecified atom stereocenters. The third-order valence-electron chi connectivity index (χ3n) is 5.43. The van der Waals surface area contributed by atoms with E-state index in [0.29, 0.717) is 29.4 Å². The first-order valence-corrected chi connectivity index (χ1v) is 11.8. The molecule has 3 rings (SSSR count). The third-order valence-corrected chi connectivity index (χ3v) is 6.03. The van der Waals surface area contributed by atoms with Gasteiger partial charge in [-0.1, -0.05) is 83.9 Å². The maximum absolute atomic E-state index is 13.5. The van der Waals surface area contributed by atoms with E-state index in [2.05, 4.69) is 5.32 Å². The van der Waals surface area contributed by atoms with Crippen LogP contribution in [0.5, 0.6) is 0 Å². The Hall–Kier alpha value is -2.82. The maximum atomic E-state index is 13.5. The zero-order valence-corrected chi connectivity index (χ0v) is 20.1. The normalized spacial score (nSPS) is 11.6. The van der Waals surface area contributed by atoms with E-state index < -0.39 is 6.04 Å². The number of nitrogens with zero attached hydrogens (tertiary/aromatic N) is 1. The first-order valence-electron chi connectivity index (χ1n) is 11.1. The molecule has 0 aliphatic carbocycles. The van der Waals surface area contributed by atoms with Gasteiger partial charge in [-0.25, -0.2) is 0 Å². The van der Waals surface area contributed by atoms with E-state index in [1.54, 1.807) is 11.0 Å². The zero-order valence-electron chi connectivity index (χ0n) is 18.6. The Morgan fingerprint density at radius 2 is 1.61 bits per heavy atom. The fourth-order valence-corrected chi connectivity index (χ4v) is 4.21. The van der Waals surface area contributed by atoms with Gasteiger partial charge in [0.05, 0.1) is 0 Å². The Morgan fingerprint density at radius 1 is 0.909 bits per heavy atom. The van der Waals surface area contributed by atoms with Crippen LogP contribution in [-0.4, -0.2) is 29.3 Å². The van der Waals surface area contributed by atoms with Crippen LogP contribution in [0.2, 0.25) is 10.0 Å². The van der Waals surface area contributed by atoms with Crippen molar-refractivity contribution in [2.45, 2.75) is 38.8 Å². The molecule has 33 heavy (non-hydrogen) atoms. The first-order chi connectivity index (χ1) is 16.0. The van der Waals surface area contributed by atoms with Gasteiger partial charge >= 0.3 is 0 Å². The first kappa shape index (κ1) is 24.8. The van der Waals surface area contributed by atoms with Gasteiger partial charge in [0.1, 0.15) is 6.04 Å². The minimum atomic E-state index is -0.648. The summed E-state index contributed by atoms with van der Waals surface area (Å²) in [6, 6.07) is 24.0. The Kier molecular flexibility index (Phi) is 9.35. The fraction of sp³-hybridized carbons (Fsp3) is 0.259. The summed E-state index contributed by atoms with van der Waals surface area (Å²) < 4.78 is 0. The van der Waals surface area contributed by atoms with Crippen LogP contribution in [-0.2, 0) is 29.0 Å². The summed E-state index contributed by atoms with van der Waals surface area (Å²) in [7, 11) is 0. The number of carbonyl (C=O) groups excluding carboxylic acids is 2. The highest BCUT2D eigenvalue weighted by Crippen LogP contribution is 2.21. The summed E-state index contributed by atoms with van der Waals surface area (Å²) in [6.45, 7) is 2.65. The Morgan fingerprint density at radius 3 is 2.30 bits per heavy atom. The van der Waals surface area contributed by atoms with Crippen LogP contribution in [0.15, 0.2) is 78.9 Å². The summed E-state index contributed by atoms with van der Waals surface area (Å²) in [6.07, 6.45) is 1.16. The topological polar surface area (TPSA) is 49.4 Å². The average Bonchev–Trinajstić information content (AvgIpc) is 2.81. The molecule has 0 heterocycles. The van der Waals surface area contributed by atoms with Crippen molar-refractivity contribution < 1.29 is 9.59 Å². The molecule has 1 N–H and O–H groups in total. The van der Waals surface area contributed by atoms with Crippen LogP contribution < -0.4 is 5.32 Å². The minimum absolute atomic E-state index is 0.109. The van der Waals surface area contributed by atoms with E-state index in [4.69, 9.17) is 23.2 Å². The highest BCUT2D eigenvalue weighted by molar-refractivity contribution is 6.31. The van der Waals surface area contributed by atoms with E-state index in [-0.39, 0.29) is 24.8 Å². The Labute approximate surface area is 205 Å². The summed E-state index contributed by atoms with van der Waals surface area (Å²) in [5, 5.41) is 4.13. The number of rotatable bonds is 10. The number of likely N-dealkylation sites (N-methyl/N-ethyl adjacent to an activating group) is 1. The van der Waals surface area contributed by atoms with Crippen molar-refractivity contribution in [1.82, 2.24) is 10.2 Å². The maximum Gasteiger partial charge on any atom is 0.243 e. The quantitative estimate of drug-likeness (QED) is 0.402. The van der Waals surface area contributed by atoms with Crippen molar-refractivity contribution in [2.75, 3.05) is 6.54 Å². The second-order valence-electron chi connectivity index (χ2n) is 7.84. The molecule has 6 heteroatoms. The number of aryl methyl sites for hydroxylation is 1. The van der Waals surface area contributed by atoms with E-state index in [0.717, 1.165) is 16.7 Å². The van der Waals surface area contributed by atoms with E-state index in [1.165, 1.54) is 0 Å². The number of hydrogen-bond acceptors (Lipinski definition) is 2. The number of benzene rings is 3. The van der Waals surface area contributed by atoms with Gasteiger partial charge in [0.15, 0.2) is 0 Å². The molecule has 0 aliphatic heterocycles. The molecule has 0 saturated heterocycles. The number of hydrogen-bond donors (Lipinski definition) is 1. The molecule has 1 atom stereocenters. The van der Waals surface area contributed by atoms with Gasteiger partial charge in [-0.15, -0.1) is 0 Å². The lowest BCUT2D eigenvalue weighted by molar-refractivity contribution is -0.141. The average molecular weight is 483 g/mol. The Bertz CT molecular complexity index is 1070. The van der Waals surface area contributed by atoms with Crippen LogP contribution in [0.3, 0.4) is 0 Å². The molecule has 3 aromatic rings. The SMILES string of the molecule is CCNC(=O)[C@H](Cc1ccccc1)N(Cc1cccc(Cl)c1)C(=O)CCc1ccccc1Cl. The third kappa shape index (κ3) is 7.34. The zero-order chi connectivity index (χ0) is 23.6. The Balaban J connectivity index is 1.90. The lowest BCUT2D eigenvalue weighted by Crippen LogP contribution is -2.50. The molecule has 0 radical (unpaired) electrons. The second-order valence-corrected chi connectivity index (χ2v) is 8.69. The monoisotopic (exact) mass is 482 g/mol. The summed E-state index contributed by atoms with van der Waals surface area (Å²) in [5.74, 6) is -0.281. The van der Waals surface area contributed by atoms with Gasteiger partial charge in [0.2, 0.25) is 11.8 Å². The summed E-state index contributed by atoms with van der Waals surface area (Å²) >= 11 is 12.5. The summed E-state index contributed by atoms with van der Waals surface area (Å²) in [4.78, 5) is 28.3. The number of halogens is 2. The predicted octanol–water partition coefficient (Wildman–Crippen LogP) is 5.70. The highest BCUT2D eigenvalue weighted by atomic mass is 35.5. The molecule has 0 saturated carbocycles. The number of amides is 2. The van der Waals surface area contributed by atoms with Crippen LogP contribution in [0, 0.1) is 0 Å². The molecule has 0 fully saturated rings. The molecule has 0 aliphatic rings. The molecular weight excluding hydrogens is 455 g/mol.